The zero-order chi connectivity index (χ0) is 13.8. The molecule has 2 N–H and O–H groups in total. The minimum atomic E-state index is -0.407. The van der Waals surface area contributed by atoms with Gasteiger partial charge in [-0.15, -0.1) is 0 Å². The van der Waals surface area contributed by atoms with Crippen LogP contribution in [0, 0.1) is 11.3 Å². The summed E-state index contributed by atoms with van der Waals surface area (Å²) in [6, 6.07) is 0. The summed E-state index contributed by atoms with van der Waals surface area (Å²) >= 11 is 0. The molecule has 2 saturated carbocycles. The Morgan fingerprint density at radius 3 is 2.05 bits per heavy atom. The lowest BCUT2D eigenvalue weighted by Gasteiger charge is -2.36. The van der Waals surface area contributed by atoms with Crippen LogP contribution in [0.4, 0.5) is 0 Å². The van der Waals surface area contributed by atoms with Gasteiger partial charge in [0.1, 0.15) is 0 Å². The molecule has 0 aromatic carbocycles. The second-order valence-corrected chi connectivity index (χ2v) is 7.69. The average Bonchev–Trinajstić information content (AvgIpc) is 2.77. The number of nitrogens with one attached hydrogen (secondary N) is 1. The highest BCUT2D eigenvalue weighted by Gasteiger charge is 2.35. The van der Waals surface area contributed by atoms with Crippen molar-refractivity contribution in [1.29, 1.82) is 0 Å². The molecule has 2 heteroatoms. The highest BCUT2D eigenvalue weighted by molar-refractivity contribution is 4.90. The molecule has 112 valence electrons. The van der Waals surface area contributed by atoms with E-state index in [1.165, 1.54) is 51.4 Å². The predicted octanol–water partition coefficient (Wildman–Crippen LogP) is 3.88. The Labute approximate surface area is 119 Å². The van der Waals surface area contributed by atoms with Crippen molar-refractivity contribution < 1.29 is 5.11 Å². The van der Waals surface area contributed by atoms with Crippen molar-refractivity contribution >= 4 is 0 Å². The van der Waals surface area contributed by atoms with Crippen molar-refractivity contribution in [3.8, 4) is 0 Å². The van der Waals surface area contributed by atoms with E-state index in [-0.39, 0.29) is 0 Å². The smallest absolute Gasteiger partial charge is 0.0771 e. The van der Waals surface area contributed by atoms with Crippen LogP contribution >= 0.6 is 0 Å². The lowest BCUT2D eigenvalue weighted by molar-refractivity contribution is 0.00234. The number of hydrogen-bond acceptors (Lipinski definition) is 2. The third-order valence-electron chi connectivity index (χ3n) is 5.24. The van der Waals surface area contributed by atoms with Crippen LogP contribution in [0.15, 0.2) is 0 Å². The first kappa shape index (κ1) is 15.3. The molecule has 2 aliphatic rings. The van der Waals surface area contributed by atoms with E-state index < -0.39 is 5.60 Å². The highest BCUT2D eigenvalue weighted by atomic mass is 16.3. The fourth-order valence-electron chi connectivity index (χ4n) is 4.39. The molecule has 2 fully saturated rings. The van der Waals surface area contributed by atoms with Crippen molar-refractivity contribution in [3.05, 3.63) is 0 Å². The summed E-state index contributed by atoms with van der Waals surface area (Å²) < 4.78 is 0. The third kappa shape index (κ3) is 4.46. The molecule has 0 aromatic rings. The van der Waals surface area contributed by atoms with Gasteiger partial charge >= 0.3 is 0 Å². The van der Waals surface area contributed by atoms with Crippen LogP contribution in [0.3, 0.4) is 0 Å². The molecule has 0 heterocycles. The largest absolute Gasteiger partial charge is 0.389 e. The van der Waals surface area contributed by atoms with Crippen molar-refractivity contribution in [2.24, 2.45) is 11.3 Å². The number of hydrogen-bond donors (Lipinski definition) is 2. The SMILES string of the molecule is CC(C)CC1(CNCC2(O)CCCCC2)CCCC1. The van der Waals surface area contributed by atoms with E-state index in [0.29, 0.717) is 5.41 Å². The summed E-state index contributed by atoms with van der Waals surface area (Å²) in [5.41, 5.74) is 0.120. The van der Waals surface area contributed by atoms with Gasteiger partial charge in [-0.3, -0.25) is 0 Å². The van der Waals surface area contributed by atoms with Gasteiger partial charge in [0.25, 0.3) is 0 Å². The first-order valence-electron chi connectivity index (χ1n) is 8.47. The Bertz CT molecular complexity index is 262. The van der Waals surface area contributed by atoms with Gasteiger partial charge in [-0.2, -0.15) is 0 Å². The lowest BCUT2D eigenvalue weighted by Crippen LogP contribution is -2.45. The maximum absolute atomic E-state index is 10.5. The second kappa shape index (κ2) is 6.58. The van der Waals surface area contributed by atoms with E-state index in [2.05, 4.69) is 19.2 Å². The average molecular weight is 267 g/mol. The molecule has 0 amide bonds. The van der Waals surface area contributed by atoms with Crippen LogP contribution in [-0.2, 0) is 0 Å². The van der Waals surface area contributed by atoms with Gasteiger partial charge in [0.05, 0.1) is 5.60 Å². The summed E-state index contributed by atoms with van der Waals surface area (Å²) in [6.07, 6.45) is 12.6. The molecule has 0 aliphatic heterocycles. The summed E-state index contributed by atoms with van der Waals surface area (Å²) in [7, 11) is 0. The monoisotopic (exact) mass is 267 g/mol. The maximum Gasteiger partial charge on any atom is 0.0771 e. The van der Waals surface area contributed by atoms with Crippen molar-refractivity contribution in [1.82, 2.24) is 5.32 Å². The lowest BCUT2D eigenvalue weighted by atomic mass is 9.78. The molecule has 0 unspecified atom stereocenters. The molecule has 2 aliphatic carbocycles. The number of aliphatic hydroxyl groups is 1. The van der Waals surface area contributed by atoms with E-state index in [1.807, 2.05) is 0 Å². The summed E-state index contributed by atoms with van der Waals surface area (Å²) in [5, 5.41) is 14.2. The second-order valence-electron chi connectivity index (χ2n) is 7.69. The molecule has 0 bridgehead atoms. The van der Waals surface area contributed by atoms with E-state index in [1.54, 1.807) is 0 Å². The van der Waals surface area contributed by atoms with Gasteiger partial charge < -0.3 is 10.4 Å². The molecule has 0 saturated heterocycles. The van der Waals surface area contributed by atoms with Crippen molar-refractivity contribution in [2.75, 3.05) is 13.1 Å². The molecule has 0 radical (unpaired) electrons. The van der Waals surface area contributed by atoms with Gasteiger partial charge in [-0.1, -0.05) is 46.0 Å². The Hall–Kier alpha value is -0.0800. The summed E-state index contributed by atoms with van der Waals surface area (Å²) in [4.78, 5) is 0. The fourth-order valence-corrected chi connectivity index (χ4v) is 4.39. The van der Waals surface area contributed by atoms with Crippen LogP contribution in [0.2, 0.25) is 0 Å². The van der Waals surface area contributed by atoms with Crippen LogP contribution in [0.5, 0.6) is 0 Å². The van der Waals surface area contributed by atoms with Gasteiger partial charge in [0, 0.05) is 13.1 Å². The van der Waals surface area contributed by atoms with Crippen molar-refractivity contribution in [2.45, 2.75) is 83.7 Å². The molecule has 0 spiro atoms. The standard InChI is InChI=1S/C17H33NO/c1-15(2)12-16(8-6-7-9-16)13-18-14-17(19)10-4-3-5-11-17/h15,18-19H,3-14H2,1-2H3. The summed E-state index contributed by atoms with van der Waals surface area (Å²) in [6.45, 7) is 6.61. The summed E-state index contributed by atoms with van der Waals surface area (Å²) in [5.74, 6) is 0.790. The Kier molecular flexibility index (Phi) is 5.30. The van der Waals surface area contributed by atoms with Crippen LogP contribution in [0.25, 0.3) is 0 Å². The van der Waals surface area contributed by atoms with E-state index in [4.69, 9.17) is 0 Å². The topological polar surface area (TPSA) is 32.3 Å². The van der Waals surface area contributed by atoms with Gasteiger partial charge in [-0.05, 0) is 43.4 Å². The molecular weight excluding hydrogens is 234 g/mol. The molecule has 2 rings (SSSR count). The maximum atomic E-state index is 10.5. The van der Waals surface area contributed by atoms with E-state index >= 15 is 0 Å². The van der Waals surface area contributed by atoms with Crippen molar-refractivity contribution in [3.63, 3.8) is 0 Å². The first-order valence-corrected chi connectivity index (χ1v) is 8.47. The van der Waals surface area contributed by atoms with Gasteiger partial charge in [-0.25, -0.2) is 0 Å². The highest BCUT2D eigenvalue weighted by Crippen LogP contribution is 2.42. The first-order chi connectivity index (χ1) is 9.04. The molecule has 2 nitrogen and oxygen atoms in total. The fraction of sp³-hybridized carbons (Fsp3) is 1.00. The van der Waals surface area contributed by atoms with Crippen LogP contribution in [-0.4, -0.2) is 23.8 Å². The van der Waals surface area contributed by atoms with Gasteiger partial charge in [0.15, 0.2) is 0 Å². The molecule has 0 atom stereocenters. The van der Waals surface area contributed by atoms with Crippen LogP contribution < -0.4 is 5.32 Å². The zero-order valence-electron chi connectivity index (χ0n) is 13.0. The third-order valence-corrected chi connectivity index (χ3v) is 5.24. The Balaban J connectivity index is 1.79. The van der Waals surface area contributed by atoms with E-state index in [9.17, 15) is 5.11 Å². The number of rotatable bonds is 6. The predicted molar refractivity (Wildman–Crippen MR) is 81.3 cm³/mol. The molecule has 0 aromatic heterocycles. The molecular formula is C17H33NO. The minimum absolute atomic E-state index is 0.407. The Morgan fingerprint density at radius 1 is 0.895 bits per heavy atom. The minimum Gasteiger partial charge on any atom is -0.389 e. The zero-order valence-corrected chi connectivity index (χ0v) is 13.0. The van der Waals surface area contributed by atoms with Gasteiger partial charge in [0.2, 0.25) is 0 Å². The van der Waals surface area contributed by atoms with Crippen LogP contribution in [0.1, 0.15) is 78.1 Å². The quantitative estimate of drug-likeness (QED) is 0.765. The Morgan fingerprint density at radius 2 is 1.47 bits per heavy atom. The van der Waals surface area contributed by atoms with E-state index in [0.717, 1.165) is 31.8 Å². The molecule has 19 heavy (non-hydrogen) atoms. The normalized spacial score (nSPS) is 25.9.